The number of ether oxygens (including phenoxy) is 1. The largest absolute Gasteiger partial charge is 0.346 e. The predicted molar refractivity (Wildman–Crippen MR) is 63.2 cm³/mol. The minimum Gasteiger partial charge on any atom is -0.346 e. The Labute approximate surface area is 91.8 Å². The zero-order valence-electron chi connectivity index (χ0n) is 8.61. The Morgan fingerprint density at radius 1 is 0.846 bits per heavy atom. The molecule has 0 aromatic heterocycles. The van der Waals surface area contributed by atoms with Gasteiger partial charge in [0.15, 0.2) is 0 Å². The molecule has 0 rings (SSSR count). The summed E-state index contributed by atoms with van der Waals surface area (Å²) in [6, 6.07) is 0. The number of rotatable bonds is 6. The van der Waals surface area contributed by atoms with Crippen LogP contribution in [0, 0.1) is 0 Å². The molecule has 0 heterocycles. The number of thiol groups is 2. The lowest BCUT2D eigenvalue weighted by Crippen LogP contribution is -2.41. The monoisotopic (exact) mass is 224 g/mol. The highest BCUT2D eigenvalue weighted by molar-refractivity contribution is 7.81. The summed E-state index contributed by atoms with van der Waals surface area (Å²) in [4.78, 5) is 0. The summed E-state index contributed by atoms with van der Waals surface area (Å²) in [5.41, 5.74) is 0. The molecule has 0 radical (unpaired) electrons. The summed E-state index contributed by atoms with van der Waals surface area (Å²) in [7, 11) is 0. The predicted octanol–water partition coefficient (Wildman–Crippen LogP) is 1.43. The topological polar surface area (TPSA) is 33.3 Å². The summed E-state index contributed by atoms with van der Waals surface area (Å²) in [6.07, 6.45) is -0.0239. The molecule has 0 aliphatic carbocycles. The molecule has 0 amide bonds. The third kappa shape index (κ3) is 8.90. The van der Waals surface area contributed by atoms with Crippen LogP contribution in [0.2, 0.25) is 0 Å². The smallest absolute Gasteiger partial charge is 0.108 e. The van der Waals surface area contributed by atoms with Crippen molar-refractivity contribution in [3.05, 3.63) is 0 Å². The molecule has 0 saturated heterocycles. The maximum absolute atomic E-state index is 5.55. The Morgan fingerprint density at radius 3 is 1.38 bits per heavy atom. The van der Waals surface area contributed by atoms with Crippen LogP contribution in [0.5, 0.6) is 0 Å². The number of hydrogen-bond donors (Lipinski definition) is 4. The molecule has 0 spiro atoms. The van der Waals surface area contributed by atoms with Crippen LogP contribution in [-0.2, 0) is 4.74 Å². The molecule has 0 aliphatic heterocycles. The molecular formula is C8H20N2OS2. The molecule has 4 unspecified atom stereocenters. The van der Waals surface area contributed by atoms with Gasteiger partial charge in [-0.1, -0.05) is 0 Å². The SMILES string of the molecule is CC(S)NC(C)OC(C)NC(C)S. The molecule has 5 heteroatoms. The lowest BCUT2D eigenvalue weighted by Gasteiger charge is -2.23. The first-order valence-corrected chi connectivity index (χ1v) is 5.48. The molecule has 0 fully saturated rings. The lowest BCUT2D eigenvalue weighted by molar-refractivity contribution is -0.0279. The van der Waals surface area contributed by atoms with Crippen LogP contribution < -0.4 is 10.6 Å². The first kappa shape index (κ1) is 13.6. The summed E-state index contributed by atoms with van der Waals surface area (Å²) < 4.78 is 5.55. The Kier molecular flexibility index (Phi) is 7.26. The van der Waals surface area contributed by atoms with Crippen LogP contribution in [0.4, 0.5) is 0 Å². The van der Waals surface area contributed by atoms with Gasteiger partial charge in [-0.2, -0.15) is 25.3 Å². The molecule has 0 aliphatic rings. The van der Waals surface area contributed by atoms with Crippen LogP contribution >= 0.6 is 25.3 Å². The fourth-order valence-corrected chi connectivity index (χ4v) is 1.48. The summed E-state index contributed by atoms with van der Waals surface area (Å²) >= 11 is 8.41. The van der Waals surface area contributed by atoms with Gasteiger partial charge in [-0.25, -0.2) is 0 Å². The Bertz CT molecular complexity index is 119. The van der Waals surface area contributed by atoms with Gasteiger partial charge in [0.1, 0.15) is 12.5 Å². The molecule has 4 atom stereocenters. The average Bonchev–Trinajstić information content (AvgIpc) is 1.80. The zero-order valence-corrected chi connectivity index (χ0v) is 10.4. The molecule has 3 nitrogen and oxygen atoms in total. The van der Waals surface area contributed by atoms with Gasteiger partial charge in [-0.15, -0.1) is 0 Å². The number of hydrogen-bond acceptors (Lipinski definition) is 5. The molecule has 0 bridgehead atoms. The maximum atomic E-state index is 5.55. The second-order valence-electron chi connectivity index (χ2n) is 3.11. The Balaban J connectivity index is 3.58. The third-order valence-corrected chi connectivity index (χ3v) is 1.66. The third-order valence-electron chi connectivity index (χ3n) is 1.36. The van der Waals surface area contributed by atoms with Gasteiger partial charge in [-0.3, -0.25) is 10.6 Å². The average molecular weight is 224 g/mol. The highest BCUT2D eigenvalue weighted by Crippen LogP contribution is 1.98. The molecule has 13 heavy (non-hydrogen) atoms. The second-order valence-corrected chi connectivity index (χ2v) is 4.66. The Morgan fingerprint density at radius 2 is 1.15 bits per heavy atom. The van der Waals surface area contributed by atoms with Crippen LogP contribution in [0.1, 0.15) is 27.7 Å². The van der Waals surface area contributed by atoms with E-state index in [0.717, 1.165) is 0 Å². The van der Waals surface area contributed by atoms with Gasteiger partial charge in [0.25, 0.3) is 0 Å². The van der Waals surface area contributed by atoms with Gasteiger partial charge in [0.2, 0.25) is 0 Å². The van der Waals surface area contributed by atoms with Crippen molar-refractivity contribution in [1.29, 1.82) is 0 Å². The summed E-state index contributed by atoms with van der Waals surface area (Å²) in [5, 5.41) is 6.52. The Hall–Kier alpha value is 0.580. The zero-order chi connectivity index (χ0) is 10.4. The van der Waals surface area contributed by atoms with E-state index in [1.165, 1.54) is 0 Å². The minimum absolute atomic E-state index is 0.0120. The highest BCUT2D eigenvalue weighted by Gasteiger charge is 2.09. The van der Waals surface area contributed by atoms with E-state index in [0.29, 0.717) is 0 Å². The van der Waals surface area contributed by atoms with Gasteiger partial charge in [0, 0.05) is 10.7 Å². The van der Waals surface area contributed by atoms with Gasteiger partial charge < -0.3 is 4.74 Å². The van der Waals surface area contributed by atoms with E-state index in [4.69, 9.17) is 4.74 Å². The quantitative estimate of drug-likeness (QED) is 0.407. The first-order valence-electron chi connectivity index (χ1n) is 4.45. The van der Waals surface area contributed by atoms with Gasteiger partial charge >= 0.3 is 0 Å². The van der Waals surface area contributed by atoms with E-state index < -0.39 is 0 Å². The molecule has 0 aromatic carbocycles. The van der Waals surface area contributed by atoms with Crippen LogP contribution in [-0.4, -0.2) is 23.2 Å². The molecule has 0 aromatic rings. The van der Waals surface area contributed by atoms with E-state index in [1.54, 1.807) is 0 Å². The van der Waals surface area contributed by atoms with Crippen molar-refractivity contribution in [1.82, 2.24) is 10.6 Å². The van der Waals surface area contributed by atoms with Crippen molar-refractivity contribution in [3.8, 4) is 0 Å². The van der Waals surface area contributed by atoms with Crippen molar-refractivity contribution in [2.45, 2.75) is 50.9 Å². The maximum Gasteiger partial charge on any atom is 0.108 e. The molecule has 2 N–H and O–H groups in total. The van der Waals surface area contributed by atoms with Crippen molar-refractivity contribution in [2.75, 3.05) is 0 Å². The first-order chi connectivity index (χ1) is 5.91. The van der Waals surface area contributed by atoms with E-state index in [2.05, 4.69) is 35.9 Å². The highest BCUT2D eigenvalue weighted by atomic mass is 32.1. The van der Waals surface area contributed by atoms with Gasteiger partial charge in [-0.05, 0) is 27.7 Å². The van der Waals surface area contributed by atoms with Gasteiger partial charge in [0.05, 0.1) is 0 Å². The van der Waals surface area contributed by atoms with E-state index in [1.807, 2.05) is 27.7 Å². The van der Waals surface area contributed by atoms with Crippen molar-refractivity contribution >= 4 is 25.3 Å². The van der Waals surface area contributed by atoms with Crippen LogP contribution in [0.3, 0.4) is 0 Å². The molecule has 80 valence electrons. The molecular weight excluding hydrogens is 204 g/mol. The number of nitrogens with one attached hydrogen (secondary N) is 2. The summed E-state index contributed by atoms with van der Waals surface area (Å²) in [5.74, 6) is 0. The minimum atomic E-state index is -0.0120. The van der Waals surface area contributed by atoms with Crippen LogP contribution in [0.25, 0.3) is 0 Å². The van der Waals surface area contributed by atoms with Crippen molar-refractivity contribution < 1.29 is 4.74 Å². The second kappa shape index (κ2) is 6.95. The summed E-state index contributed by atoms with van der Waals surface area (Å²) in [6.45, 7) is 7.83. The van der Waals surface area contributed by atoms with E-state index >= 15 is 0 Å². The lowest BCUT2D eigenvalue weighted by atomic mass is 10.5. The fraction of sp³-hybridized carbons (Fsp3) is 1.00. The van der Waals surface area contributed by atoms with Crippen LogP contribution in [0.15, 0.2) is 0 Å². The van der Waals surface area contributed by atoms with E-state index in [9.17, 15) is 0 Å². The molecule has 0 saturated carbocycles. The normalized spacial score (nSPS) is 20.8. The van der Waals surface area contributed by atoms with Crippen molar-refractivity contribution in [2.24, 2.45) is 0 Å². The standard InChI is InChI=1S/C8H20N2OS2/c1-5(9-7(3)12)11-6(2)10-8(4)13/h5-10,12-13H,1-4H3. The van der Waals surface area contributed by atoms with E-state index in [-0.39, 0.29) is 23.2 Å². The van der Waals surface area contributed by atoms with Crippen molar-refractivity contribution in [3.63, 3.8) is 0 Å². The fourth-order valence-electron chi connectivity index (χ4n) is 1.06.